The molecule has 4 rings (SSSR count). The average Bonchev–Trinajstić information content (AvgIpc) is 3.48. The van der Waals surface area contributed by atoms with E-state index in [4.69, 9.17) is 9.26 Å². The molecule has 184 valence electrons. The summed E-state index contributed by atoms with van der Waals surface area (Å²) in [6, 6.07) is 5.72. The van der Waals surface area contributed by atoms with Gasteiger partial charge in [0, 0.05) is 16.9 Å². The van der Waals surface area contributed by atoms with Crippen LogP contribution in [0.4, 0.5) is 5.82 Å². The summed E-state index contributed by atoms with van der Waals surface area (Å²) >= 11 is 1.67. The molecule has 2 aliphatic rings. The van der Waals surface area contributed by atoms with Gasteiger partial charge in [0.15, 0.2) is 5.82 Å². The maximum atomic E-state index is 13.8. The van der Waals surface area contributed by atoms with E-state index in [9.17, 15) is 9.59 Å². The van der Waals surface area contributed by atoms with Crippen molar-refractivity contribution >= 4 is 29.0 Å². The van der Waals surface area contributed by atoms with Gasteiger partial charge in [-0.1, -0.05) is 43.0 Å². The van der Waals surface area contributed by atoms with Crippen molar-refractivity contribution < 1.29 is 18.8 Å². The van der Waals surface area contributed by atoms with Gasteiger partial charge >= 0.3 is 5.97 Å². The van der Waals surface area contributed by atoms with E-state index in [1.807, 2.05) is 12.1 Å². The fourth-order valence-electron chi connectivity index (χ4n) is 5.61. The SMILES string of the molecule is C=CC1C[C@](C)(OC(=O)C2(c3cccs3)CCCCCC2)C1CCNCC(=O)Nc1ccon1. The third-order valence-corrected chi connectivity index (χ3v) is 8.61. The van der Waals surface area contributed by atoms with Crippen molar-refractivity contribution in [2.24, 2.45) is 11.8 Å². The monoisotopic (exact) mass is 485 g/mol. The smallest absolute Gasteiger partial charge is 0.317 e. The predicted octanol–water partition coefficient (Wildman–Crippen LogP) is 5.07. The molecule has 8 heteroatoms. The molecule has 7 nitrogen and oxygen atoms in total. The third-order valence-electron chi connectivity index (χ3n) is 7.53. The van der Waals surface area contributed by atoms with Crippen LogP contribution in [0.3, 0.4) is 0 Å². The number of amides is 1. The molecule has 0 aromatic carbocycles. The first kappa shape index (κ1) is 24.7. The van der Waals surface area contributed by atoms with Gasteiger partial charge in [0.05, 0.1) is 6.54 Å². The number of nitrogens with zero attached hydrogens (tertiary/aromatic N) is 1. The highest BCUT2D eigenvalue weighted by molar-refractivity contribution is 7.10. The van der Waals surface area contributed by atoms with Crippen molar-refractivity contribution in [2.75, 3.05) is 18.4 Å². The van der Waals surface area contributed by atoms with Crippen LogP contribution < -0.4 is 10.6 Å². The maximum absolute atomic E-state index is 13.8. The van der Waals surface area contributed by atoms with Crippen molar-refractivity contribution in [1.82, 2.24) is 10.5 Å². The molecule has 34 heavy (non-hydrogen) atoms. The second-order valence-corrected chi connectivity index (χ2v) is 10.7. The minimum Gasteiger partial charge on any atom is -0.458 e. The second kappa shape index (κ2) is 10.9. The number of nitrogens with one attached hydrogen (secondary N) is 2. The van der Waals surface area contributed by atoms with Crippen LogP contribution in [0, 0.1) is 11.8 Å². The Morgan fingerprint density at radius 1 is 1.29 bits per heavy atom. The maximum Gasteiger partial charge on any atom is 0.317 e. The number of rotatable bonds is 10. The molecule has 2 N–H and O–H groups in total. The lowest BCUT2D eigenvalue weighted by Crippen LogP contribution is -2.56. The summed E-state index contributed by atoms with van der Waals surface area (Å²) in [4.78, 5) is 26.9. The zero-order valence-electron chi connectivity index (χ0n) is 19.9. The molecular formula is C26H35N3O4S. The summed E-state index contributed by atoms with van der Waals surface area (Å²) in [6.07, 6.45) is 11.2. The molecule has 2 fully saturated rings. The van der Waals surface area contributed by atoms with Crippen LogP contribution in [0.15, 0.2) is 47.0 Å². The van der Waals surface area contributed by atoms with Crippen molar-refractivity contribution in [3.05, 3.63) is 47.4 Å². The number of esters is 1. The number of allylic oxidation sites excluding steroid dienone is 1. The van der Waals surface area contributed by atoms with Gasteiger partial charge in [0.2, 0.25) is 5.91 Å². The van der Waals surface area contributed by atoms with Crippen molar-refractivity contribution in [1.29, 1.82) is 0 Å². The lowest BCUT2D eigenvalue weighted by atomic mass is 9.60. The molecular weight excluding hydrogens is 450 g/mol. The molecule has 0 bridgehead atoms. The van der Waals surface area contributed by atoms with E-state index >= 15 is 0 Å². The highest BCUT2D eigenvalue weighted by Gasteiger charge is 2.54. The first-order valence-electron chi connectivity index (χ1n) is 12.3. The zero-order chi connectivity index (χ0) is 24.0. The minimum atomic E-state index is -0.519. The molecule has 2 aromatic heterocycles. The minimum absolute atomic E-state index is 0.0631. The largest absolute Gasteiger partial charge is 0.458 e. The number of ether oxygens (including phenoxy) is 1. The van der Waals surface area contributed by atoms with E-state index in [2.05, 4.69) is 40.7 Å². The van der Waals surface area contributed by atoms with Crippen LogP contribution in [0.1, 0.15) is 63.2 Å². The van der Waals surface area contributed by atoms with Gasteiger partial charge in [-0.05, 0) is 56.5 Å². The van der Waals surface area contributed by atoms with Gasteiger partial charge in [-0.15, -0.1) is 17.9 Å². The lowest BCUT2D eigenvalue weighted by Gasteiger charge is -2.52. The second-order valence-electron chi connectivity index (χ2n) is 9.78. The van der Waals surface area contributed by atoms with Crippen LogP contribution in [0.25, 0.3) is 0 Å². The number of hydrogen-bond donors (Lipinski definition) is 2. The van der Waals surface area contributed by atoms with E-state index in [-0.39, 0.29) is 24.3 Å². The van der Waals surface area contributed by atoms with Crippen molar-refractivity contribution in [3.8, 4) is 0 Å². The quantitative estimate of drug-likeness (QED) is 0.211. The Balaban J connectivity index is 1.35. The van der Waals surface area contributed by atoms with E-state index in [0.717, 1.165) is 43.4 Å². The first-order chi connectivity index (χ1) is 16.5. The van der Waals surface area contributed by atoms with E-state index < -0.39 is 11.0 Å². The Kier molecular flexibility index (Phi) is 7.88. The number of thiophene rings is 1. The van der Waals surface area contributed by atoms with Gasteiger partial charge in [-0.3, -0.25) is 9.59 Å². The van der Waals surface area contributed by atoms with Crippen LogP contribution >= 0.6 is 11.3 Å². The summed E-state index contributed by atoms with van der Waals surface area (Å²) in [5.74, 6) is 0.631. The molecule has 0 saturated heterocycles. The summed E-state index contributed by atoms with van der Waals surface area (Å²) in [5.41, 5.74) is -1.04. The van der Waals surface area contributed by atoms with Crippen LogP contribution in [0.5, 0.6) is 0 Å². The summed E-state index contributed by atoms with van der Waals surface area (Å²) in [7, 11) is 0. The number of anilines is 1. The Bertz CT molecular complexity index is 951. The van der Waals surface area contributed by atoms with Crippen LogP contribution in [0.2, 0.25) is 0 Å². The number of aromatic nitrogens is 1. The van der Waals surface area contributed by atoms with Crippen molar-refractivity contribution in [3.63, 3.8) is 0 Å². The molecule has 2 aliphatic carbocycles. The molecule has 2 heterocycles. The van der Waals surface area contributed by atoms with Crippen molar-refractivity contribution in [2.45, 2.75) is 69.3 Å². The Hall–Kier alpha value is -2.45. The summed E-state index contributed by atoms with van der Waals surface area (Å²) in [5, 5.41) is 11.6. The molecule has 3 atom stereocenters. The Morgan fingerprint density at radius 2 is 2.09 bits per heavy atom. The predicted molar refractivity (Wildman–Crippen MR) is 133 cm³/mol. The third kappa shape index (κ3) is 5.28. The fraction of sp³-hybridized carbons (Fsp3) is 0.577. The molecule has 0 aliphatic heterocycles. The number of carbonyl (C=O) groups excluding carboxylic acids is 2. The topological polar surface area (TPSA) is 93.5 Å². The highest BCUT2D eigenvalue weighted by atomic mass is 32.1. The molecule has 2 aromatic rings. The van der Waals surface area contributed by atoms with Crippen LogP contribution in [-0.2, 0) is 19.7 Å². The molecule has 0 radical (unpaired) electrons. The Labute approximate surface area is 205 Å². The molecule has 1 amide bonds. The van der Waals surface area contributed by atoms with Gasteiger partial charge in [-0.2, -0.15) is 0 Å². The average molecular weight is 486 g/mol. The molecule has 2 unspecified atom stereocenters. The van der Waals surface area contributed by atoms with Gasteiger partial charge in [0.25, 0.3) is 0 Å². The zero-order valence-corrected chi connectivity index (χ0v) is 20.7. The van der Waals surface area contributed by atoms with Gasteiger partial charge in [0.1, 0.15) is 17.3 Å². The highest BCUT2D eigenvalue weighted by Crippen LogP contribution is 2.51. The number of hydrogen-bond acceptors (Lipinski definition) is 7. The van der Waals surface area contributed by atoms with E-state index in [1.54, 1.807) is 17.4 Å². The fourth-order valence-corrected chi connectivity index (χ4v) is 6.58. The van der Waals surface area contributed by atoms with Gasteiger partial charge < -0.3 is 19.9 Å². The first-order valence-corrected chi connectivity index (χ1v) is 13.2. The lowest BCUT2D eigenvalue weighted by molar-refractivity contribution is -0.194. The van der Waals surface area contributed by atoms with Gasteiger partial charge in [-0.25, -0.2) is 0 Å². The summed E-state index contributed by atoms with van der Waals surface area (Å²) < 4.78 is 11.1. The van der Waals surface area contributed by atoms with Crippen LogP contribution in [-0.4, -0.2) is 35.7 Å². The normalized spacial score (nSPS) is 26.1. The number of carbonyl (C=O) groups is 2. The summed E-state index contributed by atoms with van der Waals surface area (Å²) in [6.45, 7) is 6.87. The molecule has 2 saturated carbocycles. The standard InChI is InChI=1S/C26H35N3O4S/c1-3-19-17-25(2,20(19)10-14-27-18-23(30)28-22-11-15-32-29-22)33-24(31)26(21-9-8-16-34-21)12-6-4-5-7-13-26/h3,8-9,11,15-16,19-20,27H,1,4-7,10,12-14,17-18H2,2H3,(H,28,29,30)/t19?,20?,25-/m0/s1. The van der Waals surface area contributed by atoms with E-state index in [0.29, 0.717) is 18.3 Å². The molecule has 0 spiro atoms. The Morgan fingerprint density at radius 3 is 2.74 bits per heavy atom. The van der Waals surface area contributed by atoms with E-state index in [1.165, 1.54) is 19.1 Å².